The molecule has 0 radical (unpaired) electrons. The van der Waals surface area contributed by atoms with E-state index in [0.717, 1.165) is 27.1 Å². The lowest BCUT2D eigenvalue weighted by molar-refractivity contribution is -0.118. The zero-order valence-electron chi connectivity index (χ0n) is 15.9. The van der Waals surface area contributed by atoms with Gasteiger partial charge in [-0.1, -0.05) is 59.9 Å². The second-order valence-corrected chi connectivity index (χ2v) is 7.31. The number of nitrogens with one attached hydrogen (secondary N) is 1. The Morgan fingerprint density at radius 3 is 2.62 bits per heavy atom. The summed E-state index contributed by atoms with van der Waals surface area (Å²) < 4.78 is 12.3. The van der Waals surface area contributed by atoms with Gasteiger partial charge in [0.05, 0.1) is 16.8 Å². The quantitative estimate of drug-likeness (QED) is 0.449. The van der Waals surface area contributed by atoms with Crippen molar-refractivity contribution in [3.8, 4) is 22.6 Å². The number of fused-ring (bicyclic) bond motifs is 1. The van der Waals surface area contributed by atoms with Crippen LogP contribution in [0.4, 0.5) is 5.13 Å². The van der Waals surface area contributed by atoms with Crippen molar-refractivity contribution in [3.63, 3.8) is 0 Å². The lowest BCUT2D eigenvalue weighted by Crippen LogP contribution is -2.20. The lowest BCUT2D eigenvalue weighted by Gasteiger charge is -2.11. The van der Waals surface area contributed by atoms with Gasteiger partial charge in [0.1, 0.15) is 11.5 Å². The van der Waals surface area contributed by atoms with Crippen molar-refractivity contribution in [2.24, 2.45) is 0 Å². The fourth-order valence-electron chi connectivity index (χ4n) is 2.96. The fraction of sp³-hybridized carbons (Fsp3) is 0.130. The predicted molar refractivity (Wildman–Crippen MR) is 117 cm³/mol. The maximum absolute atomic E-state index is 12.4. The number of thiazole rings is 1. The molecule has 0 aliphatic heterocycles. The van der Waals surface area contributed by atoms with Gasteiger partial charge < -0.3 is 9.47 Å². The number of hydrogen-bond acceptors (Lipinski definition) is 5. The topological polar surface area (TPSA) is 60.5 Å². The number of ether oxygens (including phenoxy) is 2. The molecule has 0 spiro atoms. The molecule has 6 heteroatoms. The van der Waals surface area contributed by atoms with Crippen molar-refractivity contribution in [3.05, 3.63) is 72.8 Å². The number of anilines is 1. The SMILES string of the molecule is CCOc1ccc2nc(NC(=O)COc3ccccc3-c3ccccc3)sc2c1. The van der Waals surface area contributed by atoms with Crippen LogP contribution >= 0.6 is 11.3 Å². The summed E-state index contributed by atoms with van der Waals surface area (Å²) in [4.78, 5) is 16.8. The van der Waals surface area contributed by atoms with E-state index in [1.807, 2.05) is 79.7 Å². The zero-order chi connectivity index (χ0) is 20.1. The van der Waals surface area contributed by atoms with Crippen molar-refractivity contribution < 1.29 is 14.3 Å². The number of para-hydroxylation sites is 1. The Hall–Kier alpha value is -3.38. The Labute approximate surface area is 172 Å². The number of hydrogen-bond donors (Lipinski definition) is 1. The van der Waals surface area contributed by atoms with Gasteiger partial charge in [-0.25, -0.2) is 4.98 Å². The minimum atomic E-state index is -0.253. The minimum Gasteiger partial charge on any atom is -0.494 e. The summed E-state index contributed by atoms with van der Waals surface area (Å²) in [6.07, 6.45) is 0. The van der Waals surface area contributed by atoms with Gasteiger partial charge in [0.2, 0.25) is 0 Å². The monoisotopic (exact) mass is 404 g/mol. The minimum absolute atomic E-state index is 0.0933. The number of benzene rings is 3. The van der Waals surface area contributed by atoms with E-state index in [4.69, 9.17) is 9.47 Å². The van der Waals surface area contributed by atoms with E-state index in [0.29, 0.717) is 17.5 Å². The van der Waals surface area contributed by atoms with Gasteiger partial charge in [-0.15, -0.1) is 0 Å². The molecule has 1 aromatic heterocycles. The lowest BCUT2D eigenvalue weighted by atomic mass is 10.1. The summed E-state index contributed by atoms with van der Waals surface area (Å²) >= 11 is 1.41. The van der Waals surface area contributed by atoms with E-state index in [1.165, 1.54) is 11.3 Å². The van der Waals surface area contributed by atoms with Crippen molar-refractivity contribution in [1.29, 1.82) is 0 Å². The highest BCUT2D eigenvalue weighted by Gasteiger charge is 2.11. The first-order chi connectivity index (χ1) is 14.2. The first kappa shape index (κ1) is 19.0. The number of nitrogens with zero attached hydrogens (tertiary/aromatic N) is 1. The highest BCUT2D eigenvalue weighted by molar-refractivity contribution is 7.22. The first-order valence-electron chi connectivity index (χ1n) is 9.33. The highest BCUT2D eigenvalue weighted by atomic mass is 32.1. The van der Waals surface area contributed by atoms with Crippen LogP contribution in [0.5, 0.6) is 11.5 Å². The van der Waals surface area contributed by atoms with E-state index < -0.39 is 0 Å². The second-order valence-electron chi connectivity index (χ2n) is 6.28. The molecule has 4 rings (SSSR count). The third-order valence-corrected chi connectivity index (χ3v) is 5.18. The molecule has 29 heavy (non-hydrogen) atoms. The van der Waals surface area contributed by atoms with E-state index >= 15 is 0 Å². The molecule has 1 heterocycles. The number of carbonyl (C=O) groups excluding carboxylic acids is 1. The average Bonchev–Trinajstić information content (AvgIpc) is 3.15. The van der Waals surface area contributed by atoms with Crippen molar-refractivity contribution in [2.75, 3.05) is 18.5 Å². The molecule has 0 bridgehead atoms. The van der Waals surface area contributed by atoms with Gasteiger partial charge in [0.25, 0.3) is 5.91 Å². The molecule has 0 aliphatic rings. The number of amides is 1. The van der Waals surface area contributed by atoms with Gasteiger partial charge in [-0.3, -0.25) is 10.1 Å². The Morgan fingerprint density at radius 1 is 1.00 bits per heavy atom. The second kappa shape index (κ2) is 8.75. The van der Waals surface area contributed by atoms with Gasteiger partial charge in [0, 0.05) is 5.56 Å². The molecule has 0 saturated heterocycles. The number of carbonyl (C=O) groups is 1. The predicted octanol–water partition coefficient (Wildman–Crippen LogP) is 5.38. The van der Waals surface area contributed by atoms with Crippen LogP contribution < -0.4 is 14.8 Å². The molecular formula is C23H20N2O3S. The standard InChI is InChI=1S/C23H20N2O3S/c1-2-27-17-12-13-19-21(14-17)29-23(24-19)25-22(26)15-28-20-11-7-6-10-18(20)16-8-4-3-5-9-16/h3-14H,2,15H2,1H3,(H,24,25,26). The van der Waals surface area contributed by atoms with Crippen LogP contribution in [0.3, 0.4) is 0 Å². The van der Waals surface area contributed by atoms with E-state index in [-0.39, 0.29) is 12.5 Å². The Bertz CT molecular complexity index is 1130. The number of aromatic nitrogens is 1. The molecule has 3 aromatic carbocycles. The molecule has 0 atom stereocenters. The summed E-state index contributed by atoms with van der Waals surface area (Å²) in [5.74, 6) is 1.21. The normalized spacial score (nSPS) is 10.7. The molecule has 146 valence electrons. The van der Waals surface area contributed by atoms with E-state index in [9.17, 15) is 4.79 Å². The maximum atomic E-state index is 12.4. The van der Waals surface area contributed by atoms with Gasteiger partial charge >= 0.3 is 0 Å². The third-order valence-electron chi connectivity index (χ3n) is 4.25. The summed E-state index contributed by atoms with van der Waals surface area (Å²) in [6, 6.07) is 23.3. The van der Waals surface area contributed by atoms with Gasteiger partial charge in [0.15, 0.2) is 11.7 Å². The Balaban J connectivity index is 1.43. The van der Waals surface area contributed by atoms with E-state index in [1.54, 1.807) is 0 Å². The molecule has 5 nitrogen and oxygen atoms in total. The fourth-order valence-corrected chi connectivity index (χ4v) is 3.87. The summed E-state index contributed by atoms with van der Waals surface area (Å²) in [5.41, 5.74) is 2.81. The maximum Gasteiger partial charge on any atom is 0.264 e. The van der Waals surface area contributed by atoms with Crippen LogP contribution in [0.2, 0.25) is 0 Å². The zero-order valence-corrected chi connectivity index (χ0v) is 16.7. The molecule has 0 fully saturated rings. The van der Waals surface area contributed by atoms with E-state index in [2.05, 4.69) is 10.3 Å². The van der Waals surface area contributed by atoms with Crippen LogP contribution in [-0.4, -0.2) is 24.1 Å². The summed E-state index contributed by atoms with van der Waals surface area (Å²) in [7, 11) is 0. The van der Waals surface area contributed by atoms with Crippen LogP contribution in [0.15, 0.2) is 72.8 Å². The Morgan fingerprint density at radius 2 is 1.79 bits per heavy atom. The van der Waals surface area contributed by atoms with Crippen molar-refractivity contribution in [2.45, 2.75) is 6.92 Å². The first-order valence-corrected chi connectivity index (χ1v) is 10.1. The molecule has 0 unspecified atom stereocenters. The smallest absolute Gasteiger partial charge is 0.264 e. The highest BCUT2D eigenvalue weighted by Crippen LogP contribution is 2.31. The van der Waals surface area contributed by atoms with Crippen LogP contribution in [0.25, 0.3) is 21.3 Å². The van der Waals surface area contributed by atoms with Crippen molar-refractivity contribution >= 4 is 32.6 Å². The van der Waals surface area contributed by atoms with Gasteiger partial charge in [-0.05, 0) is 36.8 Å². The Kier molecular flexibility index (Phi) is 5.72. The number of rotatable bonds is 7. The molecule has 1 N–H and O–H groups in total. The molecule has 1 amide bonds. The third kappa shape index (κ3) is 4.55. The van der Waals surface area contributed by atoms with Crippen LogP contribution in [0.1, 0.15) is 6.92 Å². The van der Waals surface area contributed by atoms with Crippen LogP contribution in [0, 0.1) is 0 Å². The summed E-state index contributed by atoms with van der Waals surface area (Å²) in [6.45, 7) is 2.46. The molecule has 4 aromatic rings. The molecule has 0 aliphatic carbocycles. The van der Waals surface area contributed by atoms with Gasteiger partial charge in [-0.2, -0.15) is 0 Å². The average molecular weight is 404 g/mol. The summed E-state index contributed by atoms with van der Waals surface area (Å²) in [5, 5.41) is 3.36. The van der Waals surface area contributed by atoms with Crippen LogP contribution in [-0.2, 0) is 4.79 Å². The van der Waals surface area contributed by atoms with Crippen molar-refractivity contribution in [1.82, 2.24) is 4.98 Å². The molecular weight excluding hydrogens is 384 g/mol. The molecule has 0 saturated carbocycles. The largest absolute Gasteiger partial charge is 0.494 e.